The summed E-state index contributed by atoms with van der Waals surface area (Å²) in [5.41, 5.74) is 0. The van der Waals surface area contributed by atoms with Gasteiger partial charge in [-0.05, 0) is 66.2 Å². The second kappa shape index (κ2) is 18.4. The van der Waals surface area contributed by atoms with Gasteiger partial charge in [-0.2, -0.15) is 0 Å². The molecule has 2 aliphatic rings. The SMILES string of the molecule is CCCC(NC(=O)[C@@H]1[C@H]2CCC[C@H]2CN1C(=O)[C@@H](NC(=O)[C@H](NC(=O)CCCCc1nnn[nH]1)C(C)C)C(C)C)C(=O)C(=O)NCC(=O)O. The van der Waals surface area contributed by atoms with E-state index >= 15 is 0 Å². The van der Waals surface area contributed by atoms with Gasteiger partial charge >= 0.3 is 5.97 Å². The number of carboxylic acid groups (broad SMARTS) is 1. The largest absolute Gasteiger partial charge is 0.480 e. The van der Waals surface area contributed by atoms with Crippen molar-refractivity contribution in [1.82, 2.24) is 46.8 Å². The molecule has 17 nitrogen and oxygen atoms in total. The highest BCUT2D eigenvalue weighted by Crippen LogP contribution is 2.42. The van der Waals surface area contributed by atoms with Crippen molar-refractivity contribution in [2.75, 3.05) is 13.1 Å². The normalized spacial score (nSPS) is 20.3. The van der Waals surface area contributed by atoms with Crippen LogP contribution in [0.2, 0.25) is 0 Å². The van der Waals surface area contributed by atoms with Crippen molar-refractivity contribution in [2.45, 2.75) is 117 Å². The third-order valence-electron chi connectivity index (χ3n) is 9.23. The number of ketones is 1. The number of fused-ring (bicyclic) bond motifs is 1. The second-order valence-corrected chi connectivity index (χ2v) is 13.7. The molecule has 1 saturated carbocycles. The fourth-order valence-electron chi connectivity index (χ4n) is 6.66. The van der Waals surface area contributed by atoms with E-state index in [2.05, 4.69) is 36.6 Å². The minimum atomic E-state index is -1.31. The third kappa shape index (κ3) is 10.8. The van der Waals surface area contributed by atoms with Crippen molar-refractivity contribution in [3.63, 3.8) is 0 Å². The van der Waals surface area contributed by atoms with E-state index in [1.165, 1.54) is 4.90 Å². The number of likely N-dealkylation sites (tertiary alicyclic amines) is 1. The second-order valence-electron chi connectivity index (χ2n) is 13.7. The van der Waals surface area contributed by atoms with E-state index in [-0.39, 0.29) is 42.4 Å². The third-order valence-corrected chi connectivity index (χ3v) is 9.23. The molecule has 17 heteroatoms. The number of tetrazole rings is 1. The Kier molecular flexibility index (Phi) is 14.6. The molecule has 1 aromatic rings. The van der Waals surface area contributed by atoms with Crippen LogP contribution in [0.25, 0.3) is 0 Å². The Morgan fingerprint density at radius 2 is 1.67 bits per heavy atom. The molecule has 0 aromatic carbocycles. The molecule has 49 heavy (non-hydrogen) atoms. The Labute approximate surface area is 285 Å². The number of Topliss-reactive ketones (excluding diaryl/α,β-unsaturated/α-hetero) is 1. The number of nitrogens with one attached hydrogen (secondary N) is 5. The van der Waals surface area contributed by atoms with Crippen molar-refractivity contribution in [1.29, 1.82) is 0 Å². The molecule has 0 bridgehead atoms. The number of aromatic amines is 1. The highest BCUT2D eigenvalue weighted by molar-refractivity contribution is 6.38. The van der Waals surface area contributed by atoms with E-state index in [1.54, 1.807) is 34.6 Å². The van der Waals surface area contributed by atoms with Gasteiger partial charge in [0.1, 0.15) is 30.5 Å². The van der Waals surface area contributed by atoms with Crippen LogP contribution in [0.3, 0.4) is 0 Å². The standard InChI is InChI=1S/C32H51N9O8/c1-6-10-21(28(45)31(48)33-15-24(43)44)34-30(47)27-20-12-9-11-19(20)16-41(27)32(49)26(18(4)5)36-29(46)25(17(2)3)35-23(42)14-8-7-13-22-37-39-40-38-22/h17-21,25-27H,6-16H2,1-5H3,(H,33,48)(H,34,47)(H,35,42)(H,36,46)(H,43,44)(H,37,38,39,40)/t19-,20-,21?,25+,26-,27-/m0/s1. The summed E-state index contributed by atoms with van der Waals surface area (Å²) in [6.45, 7) is 8.51. The smallest absolute Gasteiger partial charge is 0.322 e. The lowest BCUT2D eigenvalue weighted by molar-refractivity contribution is -0.145. The first kappa shape index (κ1) is 39.0. The molecule has 6 atom stereocenters. The fraction of sp³-hybridized carbons (Fsp3) is 0.750. The Hall–Kier alpha value is -4.44. The van der Waals surface area contributed by atoms with Crippen molar-refractivity contribution in [2.24, 2.45) is 23.7 Å². The lowest BCUT2D eigenvalue weighted by atomic mass is 9.92. The zero-order valence-corrected chi connectivity index (χ0v) is 29.0. The molecule has 6 N–H and O–H groups in total. The molecule has 2 heterocycles. The average molecular weight is 690 g/mol. The Bertz CT molecular complexity index is 1340. The van der Waals surface area contributed by atoms with E-state index in [1.807, 2.05) is 5.32 Å². The Morgan fingerprint density at radius 1 is 0.959 bits per heavy atom. The van der Waals surface area contributed by atoms with Crippen molar-refractivity contribution >= 4 is 41.3 Å². The van der Waals surface area contributed by atoms with Crippen LogP contribution in [-0.2, 0) is 40.0 Å². The maximum absolute atomic E-state index is 14.2. The Morgan fingerprint density at radius 3 is 2.29 bits per heavy atom. The highest BCUT2D eigenvalue weighted by Gasteiger charge is 2.51. The van der Waals surface area contributed by atoms with E-state index in [9.17, 15) is 33.6 Å². The predicted molar refractivity (Wildman–Crippen MR) is 174 cm³/mol. The minimum Gasteiger partial charge on any atom is -0.480 e. The maximum atomic E-state index is 14.2. The zero-order valence-electron chi connectivity index (χ0n) is 29.0. The number of hydrogen-bond donors (Lipinski definition) is 6. The summed E-state index contributed by atoms with van der Waals surface area (Å²) in [6, 6.07) is -4.00. The number of aryl methyl sites for hydroxylation is 1. The van der Waals surface area contributed by atoms with Gasteiger partial charge in [0.05, 0.1) is 6.04 Å². The van der Waals surface area contributed by atoms with Gasteiger partial charge < -0.3 is 31.3 Å². The first-order chi connectivity index (χ1) is 23.2. The van der Waals surface area contributed by atoms with Crippen LogP contribution < -0.4 is 21.3 Å². The number of aliphatic carboxylic acids is 1. The molecule has 1 saturated heterocycles. The number of carboxylic acids is 1. The minimum absolute atomic E-state index is 0.0606. The quantitative estimate of drug-likeness (QED) is 0.0825. The van der Waals surface area contributed by atoms with Gasteiger partial charge in [0.15, 0.2) is 0 Å². The number of rotatable bonds is 19. The molecule has 5 amide bonds. The molecular weight excluding hydrogens is 638 g/mol. The number of aromatic nitrogens is 4. The van der Waals surface area contributed by atoms with Crippen LogP contribution in [0.15, 0.2) is 0 Å². The summed E-state index contributed by atoms with van der Waals surface area (Å²) in [5, 5.41) is 32.8. The summed E-state index contributed by atoms with van der Waals surface area (Å²) >= 11 is 0. The summed E-state index contributed by atoms with van der Waals surface area (Å²) in [4.78, 5) is 92.0. The lowest BCUT2D eigenvalue weighted by Crippen LogP contribution is -2.60. The van der Waals surface area contributed by atoms with Gasteiger partial charge in [0, 0.05) is 19.4 Å². The summed E-state index contributed by atoms with van der Waals surface area (Å²) in [5.74, 6) is -5.31. The van der Waals surface area contributed by atoms with Gasteiger partial charge in [0.2, 0.25) is 29.4 Å². The highest BCUT2D eigenvalue weighted by atomic mass is 16.4. The van der Waals surface area contributed by atoms with Crippen molar-refractivity contribution in [3.8, 4) is 0 Å². The molecule has 272 valence electrons. The molecule has 1 aliphatic heterocycles. The molecule has 3 rings (SSSR count). The van der Waals surface area contributed by atoms with Crippen LogP contribution in [0.4, 0.5) is 0 Å². The van der Waals surface area contributed by atoms with E-state index < -0.39 is 66.1 Å². The average Bonchev–Trinajstić information content (AvgIpc) is 3.80. The predicted octanol–water partition coefficient (Wildman–Crippen LogP) is -0.124. The lowest BCUT2D eigenvalue weighted by Gasteiger charge is -2.34. The first-order valence-electron chi connectivity index (χ1n) is 17.2. The number of amides is 5. The summed E-state index contributed by atoms with van der Waals surface area (Å²) < 4.78 is 0. The molecule has 0 spiro atoms. The van der Waals surface area contributed by atoms with Crippen molar-refractivity contribution < 1.29 is 38.7 Å². The number of carbonyl (C=O) groups excluding carboxylic acids is 6. The molecule has 1 unspecified atom stereocenters. The number of nitrogens with zero attached hydrogens (tertiary/aromatic N) is 4. The van der Waals surface area contributed by atoms with Gasteiger partial charge in [-0.3, -0.25) is 33.6 Å². The topological polar surface area (TPSA) is 246 Å². The van der Waals surface area contributed by atoms with E-state index in [4.69, 9.17) is 5.11 Å². The Balaban J connectivity index is 1.70. The molecule has 2 fully saturated rings. The van der Waals surface area contributed by atoms with E-state index in [0.29, 0.717) is 44.5 Å². The van der Waals surface area contributed by atoms with Gasteiger partial charge in [-0.25, -0.2) is 5.10 Å². The molecular formula is C32H51N9O8. The van der Waals surface area contributed by atoms with Crippen LogP contribution in [0, 0.1) is 23.7 Å². The van der Waals surface area contributed by atoms with Gasteiger partial charge in [0.25, 0.3) is 5.91 Å². The molecule has 0 radical (unpaired) electrons. The number of unbranched alkanes of at least 4 members (excludes halogenated alkanes) is 1. The van der Waals surface area contributed by atoms with Crippen LogP contribution >= 0.6 is 0 Å². The number of hydrogen-bond acceptors (Lipinski definition) is 10. The van der Waals surface area contributed by atoms with Crippen LogP contribution in [-0.4, -0.2) is 109 Å². The maximum Gasteiger partial charge on any atom is 0.322 e. The van der Waals surface area contributed by atoms with Crippen LogP contribution in [0.5, 0.6) is 0 Å². The zero-order chi connectivity index (χ0) is 36.2. The van der Waals surface area contributed by atoms with E-state index in [0.717, 1.165) is 12.8 Å². The summed E-state index contributed by atoms with van der Waals surface area (Å²) in [7, 11) is 0. The number of carbonyl (C=O) groups is 7. The summed E-state index contributed by atoms with van der Waals surface area (Å²) in [6.07, 6.45) is 5.02. The van der Waals surface area contributed by atoms with Gasteiger partial charge in [-0.1, -0.05) is 47.5 Å². The monoisotopic (exact) mass is 689 g/mol. The fourth-order valence-corrected chi connectivity index (χ4v) is 6.66. The molecule has 1 aromatic heterocycles. The van der Waals surface area contributed by atoms with Gasteiger partial charge in [-0.15, -0.1) is 5.10 Å². The molecule has 1 aliphatic carbocycles. The number of H-pyrrole nitrogens is 1. The van der Waals surface area contributed by atoms with Crippen LogP contribution in [0.1, 0.15) is 91.8 Å². The van der Waals surface area contributed by atoms with Crippen molar-refractivity contribution in [3.05, 3.63) is 5.82 Å². The first-order valence-corrected chi connectivity index (χ1v) is 17.2.